The third-order valence-electron chi connectivity index (χ3n) is 2.66. The number of rotatable bonds is 3. The SMILES string of the molecule is NNc1cc([N+](=O)[O-])cc(N2CCS(=O)CC2)n1. The Kier molecular flexibility index (Phi) is 3.72. The molecule has 8 nitrogen and oxygen atoms in total. The summed E-state index contributed by atoms with van der Waals surface area (Å²) >= 11 is 0. The average Bonchev–Trinajstić information content (AvgIpc) is 2.39. The lowest BCUT2D eigenvalue weighted by Gasteiger charge is -2.27. The first-order chi connectivity index (χ1) is 8.60. The Morgan fingerprint density at radius 2 is 2.11 bits per heavy atom. The quantitative estimate of drug-likeness (QED) is 0.446. The summed E-state index contributed by atoms with van der Waals surface area (Å²) in [7, 11) is -0.800. The average molecular weight is 271 g/mol. The van der Waals surface area contributed by atoms with Gasteiger partial charge in [0, 0.05) is 35.4 Å². The van der Waals surface area contributed by atoms with Gasteiger partial charge in [-0.05, 0) is 0 Å². The Balaban J connectivity index is 2.29. The van der Waals surface area contributed by atoms with Gasteiger partial charge in [-0.2, -0.15) is 0 Å². The first-order valence-electron chi connectivity index (χ1n) is 5.33. The number of aromatic nitrogens is 1. The molecule has 3 N–H and O–H groups in total. The molecule has 1 aromatic rings. The zero-order valence-corrected chi connectivity index (χ0v) is 10.4. The molecule has 1 aliphatic heterocycles. The predicted molar refractivity (Wildman–Crippen MR) is 68.8 cm³/mol. The molecule has 1 aliphatic rings. The fourth-order valence-corrected chi connectivity index (χ4v) is 2.76. The molecule has 1 aromatic heterocycles. The van der Waals surface area contributed by atoms with Crippen molar-refractivity contribution in [2.24, 2.45) is 5.84 Å². The number of hydrogen-bond donors (Lipinski definition) is 2. The highest BCUT2D eigenvalue weighted by Gasteiger charge is 2.19. The maximum absolute atomic E-state index is 11.3. The van der Waals surface area contributed by atoms with Crippen LogP contribution >= 0.6 is 0 Å². The van der Waals surface area contributed by atoms with E-state index in [0.29, 0.717) is 30.4 Å². The van der Waals surface area contributed by atoms with E-state index in [1.54, 1.807) is 0 Å². The van der Waals surface area contributed by atoms with Crippen molar-refractivity contribution in [1.29, 1.82) is 0 Å². The summed E-state index contributed by atoms with van der Waals surface area (Å²) in [5.41, 5.74) is 2.24. The Morgan fingerprint density at radius 3 is 2.67 bits per heavy atom. The number of nitrogens with two attached hydrogens (primary N) is 1. The van der Waals surface area contributed by atoms with Crippen molar-refractivity contribution in [2.45, 2.75) is 0 Å². The monoisotopic (exact) mass is 271 g/mol. The van der Waals surface area contributed by atoms with Crippen molar-refractivity contribution in [2.75, 3.05) is 34.9 Å². The summed E-state index contributed by atoms with van der Waals surface area (Å²) in [5.74, 6) is 7.06. The molecule has 0 atom stereocenters. The van der Waals surface area contributed by atoms with Crippen molar-refractivity contribution in [3.05, 3.63) is 22.2 Å². The number of hydrazine groups is 1. The summed E-state index contributed by atoms with van der Waals surface area (Å²) in [5, 5.41) is 10.8. The number of nitrogen functional groups attached to an aromatic ring is 1. The van der Waals surface area contributed by atoms with E-state index < -0.39 is 15.7 Å². The van der Waals surface area contributed by atoms with Crippen LogP contribution in [0.25, 0.3) is 0 Å². The summed E-state index contributed by atoms with van der Waals surface area (Å²) < 4.78 is 11.3. The lowest BCUT2D eigenvalue weighted by Crippen LogP contribution is -2.38. The highest BCUT2D eigenvalue weighted by molar-refractivity contribution is 7.85. The van der Waals surface area contributed by atoms with Crippen LogP contribution in [-0.4, -0.2) is 38.7 Å². The molecule has 0 unspecified atom stereocenters. The highest BCUT2D eigenvalue weighted by Crippen LogP contribution is 2.23. The molecule has 0 aliphatic carbocycles. The van der Waals surface area contributed by atoms with E-state index in [-0.39, 0.29) is 11.5 Å². The number of nitro groups is 1. The number of nitrogens with one attached hydrogen (secondary N) is 1. The van der Waals surface area contributed by atoms with Gasteiger partial charge in [0.2, 0.25) is 0 Å². The van der Waals surface area contributed by atoms with E-state index in [0.717, 1.165) is 0 Å². The van der Waals surface area contributed by atoms with Crippen LogP contribution in [0.5, 0.6) is 0 Å². The van der Waals surface area contributed by atoms with Crippen LogP contribution in [0, 0.1) is 10.1 Å². The molecule has 0 bridgehead atoms. The standard InChI is InChI=1S/C9H13N5O3S/c10-12-8-5-7(14(15)16)6-9(11-8)13-1-3-18(17)4-2-13/h5-6H,1-4,10H2,(H,11,12). The van der Waals surface area contributed by atoms with Crippen LogP contribution in [-0.2, 0) is 10.8 Å². The number of nitrogens with zero attached hydrogens (tertiary/aromatic N) is 3. The third-order valence-corrected chi connectivity index (χ3v) is 3.93. The van der Waals surface area contributed by atoms with Gasteiger partial charge in [0.15, 0.2) is 0 Å². The topological polar surface area (TPSA) is 114 Å². The van der Waals surface area contributed by atoms with Gasteiger partial charge in [-0.25, -0.2) is 10.8 Å². The zero-order chi connectivity index (χ0) is 13.1. The lowest BCUT2D eigenvalue weighted by atomic mass is 10.3. The molecule has 1 saturated heterocycles. The normalized spacial score (nSPS) is 16.6. The number of hydrogen-bond acceptors (Lipinski definition) is 7. The minimum Gasteiger partial charge on any atom is -0.354 e. The molecule has 1 fully saturated rings. The molecule has 98 valence electrons. The molecule has 0 spiro atoms. The van der Waals surface area contributed by atoms with E-state index in [1.807, 2.05) is 4.90 Å². The van der Waals surface area contributed by atoms with Crippen LogP contribution in [0.4, 0.5) is 17.3 Å². The Morgan fingerprint density at radius 1 is 1.44 bits per heavy atom. The van der Waals surface area contributed by atoms with Gasteiger partial charge in [0.05, 0.1) is 17.1 Å². The molecule has 0 radical (unpaired) electrons. The summed E-state index contributed by atoms with van der Waals surface area (Å²) in [6.45, 7) is 1.15. The lowest BCUT2D eigenvalue weighted by molar-refractivity contribution is -0.384. The van der Waals surface area contributed by atoms with Crippen LogP contribution in [0.2, 0.25) is 0 Å². The fraction of sp³-hybridized carbons (Fsp3) is 0.444. The molecular weight excluding hydrogens is 258 g/mol. The molecule has 0 saturated carbocycles. The van der Waals surface area contributed by atoms with Crippen LogP contribution in [0.3, 0.4) is 0 Å². The fourth-order valence-electron chi connectivity index (χ4n) is 1.71. The van der Waals surface area contributed by atoms with Crippen molar-refractivity contribution < 1.29 is 9.13 Å². The maximum atomic E-state index is 11.3. The molecular formula is C9H13N5O3S. The first-order valence-corrected chi connectivity index (χ1v) is 6.82. The van der Waals surface area contributed by atoms with Gasteiger partial charge >= 0.3 is 0 Å². The molecule has 18 heavy (non-hydrogen) atoms. The molecule has 0 aromatic carbocycles. The van der Waals surface area contributed by atoms with Gasteiger partial charge in [0.25, 0.3) is 5.69 Å². The molecule has 0 amide bonds. The second-order valence-electron chi connectivity index (χ2n) is 3.81. The molecule has 2 rings (SSSR count). The van der Waals surface area contributed by atoms with Crippen LogP contribution in [0.15, 0.2) is 12.1 Å². The van der Waals surface area contributed by atoms with E-state index in [2.05, 4.69) is 10.4 Å². The predicted octanol–water partition coefficient (Wildman–Crippen LogP) is -0.156. The Hall–Kier alpha value is -1.74. The van der Waals surface area contributed by atoms with Gasteiger partial charge in [-0.1, -0.05) is 0 Å². The number of anilines is 2. The van der Waals surface area contributed by atoms with E-state index in [9.17, 15) is 14.3 Å². The Bertz CT molecular complexity index is 485. The number of pyridine rings is 1. The molecule has 2 heterocycles. The van der Waals surface area contributed by atoms with Gasteiger partial charge in [-0.3, -0.25) is 14.3 Å². The first kappa shape index (κ1) is 12.7. The summed E-state index contributed by atoms with van der Waals surface area (Å²) in [6, 6.07) is 2.67. The van der Waals surface area contributed by atoms with Gasteiger partial charge in [0.1, 0.15) is 11.6 Å². The van der Waals surface area contributed by atoms with Crippen molar-refractivity contribution in [3.63, 3.8) is 0 Å². The second-order valence-corrected chi connectivity index (χ2v) is 5.50. The second kappa shape index (κ2) is 5.27. The summed E-state index contributed by atoms with van der Waals surface area (Å²) in [6.07, 6.45) is 0. The molecule has 9 heteroatoms. The largest absolute Gasteiger partial charge is 0.354 e. The minimum absolute atomic E-state index is 0.0698. The maximum Gasteiger partial charge on any atom is 0.276 e. The third kappa shape index (κ3) is 2.74. The van der Waals surface area contributed by atoms with Gasteiger partial charge < -0.3 is 10.3 Å². The van der Waals surface area contributed by atoms with E-state index in [1.165, 1.54) is 12.1 Å². The van der Waals surface area contributed by atoms with Crippen molar-refractivity contribution >= 4 is 28.1 Å². The minimum atomic E-state index is -0.800. The van der Waals surface area contributed by atoms with E-state index in [4.69, 9.17) is 5.84 Å². The zero-order valence-electron chi connectivity index (χ0n) is 9.54. The Labute approximate surface area is 106 Å². The van der Waals surface area contributed by atoms with Crippen LogP contribution in [0.1, 0.15) is 0 Å². The van der Waals surface area contributed by atoms with Gasteiger partial charge in [-0.15, -0.1) is 0 Å². The van der Waals surface area contributed by atoms with E-state index >= 15 is 0 Å². The summed E-state index contributed by atoms with van der Waals surface area (Å²) in [4.78, 5) is 16.3. The van der Waals surface area contributed by atoms with Crippen molar-refractivity contribution in [3.8, 4) is 0 Å². The highest BCUT2D eigenvalue weighted by atomic mass is 32.2. The smallest absolute Gasteiger partial charge is 0.276 e. The van der Waals surface area contributed by atoms with Crippen molar-refractivity contribution in [1.82, 2.24) is 4.98 Å². The van der Waals surface area contributed by atoms with Crippen LogP contribution < -0.4 is 16.2 Å².